The third kappa shape index (κ3) is 446. The van der Waals surface area contributed by atoms with Gasteiger partial charge in [0.15, 0.2) is 0 Å². The van der Waals surface area contributed by atoms with Gasteiger partial charge < -0.3 is 0 Å². The molecule has 0 aromatic carbocycles. The van der Waals surface area contributed by atoms with E-state index in [-0.39, 0.29) is 132 Å². The third-order valence-electron chi connectivity index (χ3n) is 0. The molecule has 24 heteroatoms. The molecule has 15 nitrogen and oxygen atoms in total. The molecule has 0 amide bonds. The van der Waals surface area contributed by atoms with Crippen molar-refractivity contribution in [3.8, 4) is 0 Å². The van der Waals surface area contributed by atoms with Gasteiger partial charge >= 0.3 is 292 Å². The van der Waals surface area contributed by atoms with Gasteiger partial charge in [0, 0.05) is 0 Å². The second-order valence-corrected chi connectivity index (χ2v) is 7.40. The van der Waals surface area contributed by atoms with Crippen LogP contribution in [0.3, 0.4) is 0 Å². The van der Waals surface area contributed by atoms with Crippen molar-refractivity contribution in [1.82, 2.24) is 0 Å². The van der Waals surface area contributed by atoms with E-state index in [1.165, 1.54) is 0 Å². The second kappa shape index (κ2) is 52.3. The first kappa shape index (κ1) is 57.7. The van der Waals surface area contributed by atoms with E-state index in [1.807, 2.05) is 0 Å². The fourth-order valence-electron chi connectivity index (χ4n) is 0. The van der Waals surface area contributed by atoms with Crippen LogP contribution in [0.4, 0.5) is 0 Å². The molecular weight excluding hydrogens is 1020 g/mol. The molecule has 0 atom stereocenters. The minimum atomic E-state index is -4.29. The minimum absolute atomic E-state index is 0. The van der Waals surface area contributed by atoms with Gasteiger partial charge in [-0.15, -0.1) is 0 Å². The zero-order valence-corrected chi connectivity index (χ0v) is 34.7. The summed E-state index contributed by atoms with van der Waals surface area (Å²) in [5.74, 6) is 0. The van der Waals surface area contributed by atoms with Gasteiger partial charge in [-0.2, -0.15) is 0 Å². The van der Waals surface area contributed by atoms with Gasteiger partial charge in [0.05, 0.1) is 0 Å². The maximum absolute atomic E-state index is 8.61. The molecule has 0 saturated heterocycles. The van der Waals surface area contributed by atoms with Crippen molar-refractivity contribution in [3.63, 3.8) is 0 Å². The van der Waals surface area contributed by atoms with Crippen molar-refractivity contribution in [2.24, 2.45) is 0 Å². The zero-order chi connectivity index (χ0) is 17.9. The van der Waals surface area contributed by atoms with Crippen molar-refractivity contribution < 1.29 is 159 Å². The number of hydrogen-bond donors (Lipinski definition) is 0. The molecule has 120 valence electrons. The van der Waals surface area contributed by atoms with Crippen molar-refractivity contribution >= 4 is 132 Å². The Morgan fingerprint density at radius 3 is 0.333 bits per heavy atom. The second-order valence-electron chi connectivity index (χ2n) is 1.25. The van der Waals surface area contributed by atoms with Crippen molar-refractivity contribution in [2.45, 2.75) is 0 Å². The summed E-state index contributed by atoms with van der Waals surface area (Å²) in [6.45, 7) is 0. The fourth-order valence-corrected chi connectivity index (χ4v) is 0. The molecule has 0 radical (unpaired) electrons. The monoisotopic (exact) mass is 1020 g/mol. The summed E-state index contributed by atoms with van der Waals surface area (Å²) >= 11 is -21.5. The van der Waals surface area contributed by atoms with E-state index in [4.69, 9.17) is 45.9 Å². The van der Waals surface area contributed by atoms with Gasteiger partial charge in [-0.05, 0) is 0 Å². The van der Waals surface area contributed by atoms with E-state index in [1.54, 1.807) is 0 Å². The first-order valence-electron chi connectivity index (χ1n) is 3.06. The standard InChI is InChI=1S/2Al.2Ba.15O.5Zr/q2*+3;2*+2;;;;;;10*-1;;;;;. The molecule has 24 heavy (non-hydrogen) atoms. The van der Waals surface area contributed by atoms with E-state index >= 15 is 0 Å². The van der Waals surface area contributed by atoms with Crippen LogP contribution in [-0.4, -0.2) is 132 Å². The molecule has 0 N–H and O–H groups in total. The molecule has 0 aliphatic carbocycles. The SMILES string of the molecule is [Al+3].[Al+3].[Ba+2].[Ba+2].[O]=[Zr]([O-])[O-].[O]=[Zr]([O-])[O-].[O]=[Zr]([O-])[O-].[O]=[Zr]([O-])[O-].[O]=[Zr]([O-])[O-]. The van der Waals surface area contributed by atoms with Gasteiger partial charge in [0.25, 0.3) is 0 Å². The van der Waals surface area contributed by atoms with Crippen molar-refractivity contribution in [1.29, 1.82) is 0 Å². The van der Waals surface area contributed by atoms with Crippen LogP contribution < -0.4 is 31.8 Å². The van der Waals surface area contributed by atoms with Gasteiger partial charge in [-0.25, -0.2) is 0 Å². The topological polar surface area (TPSA) is 316 Å². The Balaban J connectivity index is -0.0000000161. The Labute approximate surface area is 283 Å². The molecule has 0 spiro atoms. The Morgan fingerprint density at radius 1 is 0.333 bits per heavy atom. The Morgan fingerprint density at radius 2 is 0.333 bits per heavy atom. The van der Waals surface area contributed by atoms with E-state index in [2.05, 4.69) is 0 Å². The van der Waals surface area contributed by atoms with Gasteiger partial charge in [-0.3, -0.25) is 0 Å². The quantitative estimate of drug-likeness (QED) is 0.204. The molecule has 0 aliphatic rings. The van der Waals surface area contributed by atoms with Gasteiger partial charge in [-0.1, -0.05) is 0 Å². The van der Waals surface area contributed by atoms with Crippen molar-refractivity contribution in [3.05, 3.63) is 0 Å². The third-order valence-corrected chi connectivity index (χ3v) is 0. The molecule has 0 aromatic heterocycles. The summed E-state index contributed by atoms with van der Waals surface area (Å²) in [7, 11) is 0. The summed E-state index contributed by atoms with van der Waals surface area (Å²) in [5, 5.41) is 0. The van der Waals surface area contributed by atoms with Gasteiger partial charge in [0.1, 0.15) is 0 Å². The maximum atomic E-state index is 8.61. The average Bonchev–Trinajstić information content (AvgIpc) is 1.94. The molecule has 0 saturated carbocycles. The first-order chi connectivity index (χ1) is 8.66. The normalized spacial score (nSPS) is 5.42. The predicted molar refractivity (Wildman–Crippen MR) is 26.4 cm³/mol. The molecule has 0 rings (SSSR count). The average molecular weight is 1020 g/mol. The van der Waals surface area contributed by atoms with Crippen LogP contribution in [0.5, 0.6) is 0 Å². The molecule has 0 heterocycles. The molecular formula is Al2Ba2O15Zr5. The van der Waals surface area contributed by atoms with E-state index < -0.39 is 113 Å². The van der Waals surface area contributed by atoms with Crippen LogP contribution in [0, 0.1) is 0 Å². The Hall–Kier alpha value is 7.22. The van der Waals surface area contributed by atoms with E-state index in [0.717, 1.165) is 0 Å². The number of rotatable bonds is 0. The summed E-state index contributed by atoms with van der Waals surface area (Å²) in [6, 6.07) is 0. The predicted octanol–water partition coefficient (Wildman–Crippen LogP) is -14.0. The van der Waals surface area contributed by atoms with Crippen molar-refractivity contribution in [2.75, 3.05) is 0 Å². The summed E-state index contributed by atoms with van der Waals surface area (Å²) in [6.07, 6.45) is 0. The van der Waals surface area contributed by atoms with Gasteiger partial charge in [0.2, 0.25) is 0 Å². The number of hydrogen-bond acceptors (Lipinski definition) is 15. The van der Waals surface area contributed by atoms with E-state index in [0.29, 0.717) is 0 Å². The van der Waals surface area contributed by atoms with Crippen LogP contribution in [0.2, 0.25) is 0 Å². The first-order valence-corrected chi connectivity index (χ1v) is 18.1. The van der Waals surface area contributed by atoms with Crippen LogP contribution in [-0.2, 0) is 127 Å². The molecule has 0 aromatic rings. The molecule has 0 fully saturated rings. The van der Waals surface area contributed by atoms with Crippen LogP contribution >= 0.6 is 0 Å². The molecule has 0 aliphatic heterocycles. The summed E-state index contributed by atoms with van der Waals surface area (Å²) in [5.41, 5.74) is 0. The molecule has 0 bridgehead atoms. The Bertz CT molecular complexity index is 221. The van der Waals surface area contributed by atoms with E-state index in [9.17, 15) is 0 Å². The van der Waals surface area contributed by atoms with Crippen LogP contribution in [0.1, 0.15) is 0 Å². The molecule has 0 unspecified atom stereocenters. The van der Waals surface area contributed by atoms with Crippen LogP contribution in [0.25, 0.3) is 0 Å². The summed E-state index contributed by atoms with van der Waals surface area (Å²) < 4.78 is 129. The summed E-state index contributed by atoms with van der Waals surface area (Å²) in [4.78, 5) is 0. The Kier molecular flexibility index (Phi) is 126. The fraction of sp³-hybridized carbons (Fsp3) is 0. The zero-order valence-electron chi connectivity index (χ0n) is 11.2. The van der Waals surface area contributed by atoms with Crippen LogP contribution in [0.15, 0.2) is 0 Å².